The largest absolute Gasteiger partial charge is 0.487 e. The molecule has 1 aliphatic heterocycles. The summed E-state index contributed by atoms with van der Waals surface area (Å²) in [5, 5.41) is 10.4. The summed E-state index contributed by atoms with van der Waals surface area (Å²) in [4.78, 5) is 0. The molecule has 0 saturated heterocycles. The predicted octanol–water partition coefficient (Wildman–Crippen LogP) is 3.76. The predicted molar refractivity (Wildman–Crippen MR) is 75.3 cm³/mol. The Balaban J connectivity index is 2.06. The molecule has 4 heteroatoms. The zero-order chi connectivity index (χ0) is 15.2. The molecule has 0 amide bonds. The van der Waals surface area contributed by atoms with Gasteiger partial charge in [0.05, 0.1) is 0 Å². The molecule has 2 aromatic carbocycles. The van der Waals surface area contributed by atoms with Crippen molar-refractivity contribution < 1.29 is 18.6 Å². The van der Waals surface area contributed by atoms with Gasteiger partial charge in [-0.05, 0) is 37.6 Å². The third kappa shape index (κ3) is 2.51. The van der Waals surface area contributed by atoms with Crippen LogP contribution >= 0.6 is 0 Å². The van der Waals surface area contributed by atoms with Crippen LogP contribution < -0.4 is 4.74 Å². The second kappa shape index (κ2) is 4.81. The van der Waals surface area contributed by atoms with Gasteiger partial charge in [-0.25, -0.2) is 8.78 Å². The van der Waals surface area contributed by atoms with E-state index >= 15 is 0 Å². The van der Waals surface area contributed by atoms with Crippen molar-refractivity contribution >= 4 is 0 Å². The Morgan fingerprint density at radius 3 is 2.67 bits per heavy atom. The molecule has 0 fully saturated rings. The van der Waals surface area contributed by atoms with E-state index in [0.29, 0.717) is 17.7 Å². The first-order valence-corrected chi connectivity index (χ1v) is 6.81. The fourth-order valence-corrected chi connectivity index (χ4v) is 2.75. The molecule has 1 aliphatic rings. The van der Waals surface area contributed by atoms with Crippen molar-refractivity contribution in [2.24, 2.45) is 0 Å². The maximum absolute atomic E-state index is 13.8. The summed E-state index contributed by atoms with van der Waals surface area (Å²) in [5.74, 6) is -0.656. The molecule has 1 unspecified atom stereocenters. The summed E-state index contributed by atoms with van der Waals surface area (Å²) in [6.45, 7) is 3.90. The number of fused-ring (bicyclic) bond motifs is 1. The first-order chi connectivity index (χ1) is 9.87. The average molecular weight is 290 g/mol. The monoisotopic (exact) mass is 290 g/mol. The molecular weight excluding hydrogens is 274 g/mol. The number of aliphatic hydroxyl groups excluding tert-OH is 1. The highest BCUT2D eigenvalue weighted by molar-refractivity contribution is 5.49. The Morgan fingerprint density at radius 2 is 1.90 bits per heavy atom. The summed E-state index contributed by atoms with van der Waals surface area (Å²) < 4.78 is 33.0. The number of aliphatic hydroxyl groups is 1. The number of hydrogen-bond donors (Lipinski definition) is 1. The van der Waals surface area contributed by atoms with Gasteiger partial charge in [0.15, 0.2) is 0 Å². The lowest BCUT2D eigenvalue weighted by molar-refractivity contribution is 0.131. The van der Waals surface area contributed by atoms with Crippen molar-refractivity contribution in [3.63, 3.8) is 0 Å². The van der Waals surface area contributed by atoms with Gasteiger partial charge in [0.25, 0.3) is 0 Å². The zero-order valence-electron chi connectivity index (χ0n) is 11.9. The van der Waals surface area contributed by atoms with Crippen LogP contribution in [-0.2, 0) is 6.42 Å². The van der Waals surface area contributed by atoms with Crippen LogP contribution in [0.25, 0.3) is 0 Å². The van der Waals surface area contributed by atoms with E-state index in [4.69, 9.17) is 4.74 Å². The normalized spacial score (nSPS) is 17.2. The van der Waals surface area contributed by atoms with Gasteiger partial charge in [-0.1, -0.05) is 18.2 Å². The van der Waals surface area contributed by atoms with Gasteiger partial charge in [0.1, 0.15) is 29.1 Å². The lowest BCUT2D eigenvalue weighted by Crippen LogP contribution is -2.25. The van der Waals surface area contributed by atoms with Crippen LogP contribution in [-0.4, -0.2) is 10.7 Å². The lowest BCUT2D eigenvalue weighted by atomic mass is 9.96. The standard InChI is InChI=1S/C17H16F2O2/c1-17(2)9-10-4-3-5-12(16(10)21-17)15(20)13-8-11(18)6-7-14(13)19/h3-8,15,20H,9H2,1-2H3. The van der Waals surface area contributed by atoms with Crippen molar-refractivity contribution in [2.45, 2.75) is 32.0 Å². The van der Waals surface area contributed by atoms with Gasteiger partial charge in [-0.2, -0.15) is 0 Å². The molecule has 0 spiro atoms. The minimum Gasteiger partial charge on any atom is -0.487 e. The van der Waals surface area contributed by atoms with E-state index in [0.717, 1.165) is 23.8 Å². The van der Waals surface area contributed by atoms with Gasteiger partial charge >= 0.3 is 0 Å². The number of para-hydroxylation sites is 1. The van der Waals surface area contributed by atoms with E-state index in [9.17, 15) is 13.9 Å². The van der Waals surface area contributed by atoms with Crippen LogP contribution in [0.2, 0.25) is 0 Å². The van der Waals surface area contributed by atoms with Crippen LogP contribution in [0.5, 0.6) is 5.75 Å². The molecule has 1 heterocycles. The van der Waals surface area contributed by atoms with E-state index in [2.05, 4.69) is 0 Å². The number of hydrogen-bond acceptors (Lipinski definition) is 2. The summed E-state index contributed by atoms with van der Waals surface area (Å²) in [6.07, 6.45) is -0.543. The Bertz CT molecular complexity index is 695. The Kier molecular flexibility index (Phi) is 3.21. The van der Waals surface area contributed by atoms with E-state index in [1.54, 1.807) is 12.1 Å². The SMILES string of the molecule is CC1(C)Cc2cccc(C(O)c3cc(F)ccc3F)c2O1. The van der Waals surface area contributed by atoms with E-state index in [-0.39, 0.29) is 11.2 Å². The van der Waals surface area contributed by atoms with Crippen molar-refractivity contribution in [1.29, 1.82) is 0 Å². The van der Waals surface area contributed by atoms with Gasteiger partial charge in [-0.3, -0.25) is 0 Å². The molecule has 0 bridgehead atoms. The maximum Gasteiger partial charge on any atom is 0.129 e. The third-order valence-corrected chi connectivity index (χ3v) is 3.67. The highest BCUT2D eigenvalue weighted by atomic mass is 19.1. The topological polar surface area (TPSA) is 29.5 Å². The van der Waals surface area contributed by atoms with E-state index in [1.165, 1.54) is 0 Å². The smallest absolute Gasteiger partial charge is 0.129 e. The fourth-order valence-electron chi connectivity index (χ4n) is 2.75. The molecule has 0 saturated carbocycles. The molecule has 110 valence electrons. The summed E-state index contributed by atoms with van der Waals surface area (Å²) in [5.41, 5.74) is 0.978. The molecule has 3 rings (SSSR count). The van der Waals surface area contributed by atoms with Crippen molar-refractivity contribution in [2.75, 3.05) is 0 Å². The molecular formula is C17H16F2O2. The lowest BCUT2D eigenvalue weighted by Gasteiger charge is -2.20. The summed E-state index contributed by atoms with van der Waals surface area (Å²) in [7, 11) is 0. The molecule has 1 N–H and O–H groups in total. The highest BCUT2D eigenvalue weighted by Gasteiger charge is 2.33. The van der Waals surface area contributed by atoms with Gasteiger partial charge in [0.2, 0.25) is 0 Å². The molecule has 21 heavy (non-hydrogen) atoms. The number of halogens is 2. The molecule has 0 aliphatic carbocycles. The van der Waals surface area contributed by atoms with Crippen molar-refractivity contribution in [3.05, 3.63) is 64.7 Å². The van der Waals surface area contributed by atoms with Crippen LogP contribution in [0.3, 0.4) is 0 Å². The average Bonchev–Trinajstić information content (AvgIpc) is 2.74. The minimum atomic E-state index is -1.26. The Morgan fingerprint density at radius 1 is 1.14 bits per heavy atom. The van der Waals surface area contributed by atoms with Crippen LogP contribution in [0.4, 0.5) is 8.78 Å². The molecule has 0 radical (unpaired) electrons. The Hall–Kier alpha value is -1.94. The van der Waals surface area contributed by atoms with Crippen LogP contribution in [0.1, 0.15) is 36.6 Å². The van der Waals surface area contributed by atoms with Crippen LogP contribution in [0, 0.1) is 11.6 Å². The van der Waals surface area contributed by atoms with Crippen molar-refractivity contribution in [3.8, 4) is 5.75 Å². The number of benzene rings is 2. The first kappa shape index (κ1) is 14.0. The van der Waals surface area contributed by atoms with E-state index in [1.807, 2.05) is 19.9 Å². The van der Waals surface area contributed by atoms with Gasteiger partial charge < -0.3 is 9.84 Å². The third-order valence-electron chi connectivity index (χ3n) is 3.67. The molecule has 0 aromatic heterocycles. The zero-order valence-corrected chi connectivity index (χ0v) is 11.9. The summed E-state index contributed by atoms with van der Waals surface area (Å²) >= 11 is 0. The summed E-state index contributed by atoms with van der Waals surface area (Å²) in [6, 6.07) is 8.44. The second-order valence-corrected chi connectivity index (χ2v) is 5.94. The van der Waals surface area contributed by atoms with Gasteiger partial charge in [0, 0.05) is 17.5 Å². The highest BCUT2D eigenvalue weighted by Crippen LogP contribution is 2.41. The number of rotatable bonds is 2. The fraction of sp³-hybridized carbons (Fsp3) is 0.294. The molecule has 2 nitrogen and oxygen atoms in total. The first-order valence-electron chi connectivity index (χ1n) is 6.81. The van der Waals surface area contributed by atoms with Crippen LogP contribution in [0.15, 0.2) is 36.4 Å². The second-order valence-electron chi connectivity index (χ2n) is 5.94. The van der Waals surface area contributed by atoms with Crippen molar-refractivity contribution in [1.82, 2.24) is 0 Å². The quantitative estimate of drug-likeness (QED) is 0.912. The Labute approximate surface area is 122 Å². The number of ether oxygens (including phenoxy) is 1. The van der Waals surface area contributed by atoms with E-state index < -0.39 is 17.7 Å². The molecule has 1 atom stereocenters. The van der Waals surface area contributed by atoms with Gasteiger partial charge in [-0.15, -0.1) is 0 Å². The minimum absolute atomic E-state index is 0.0864. The molecule has 2 aromatic rings. The maximum atomic E-state index is 13.8.